The second-order valence-corrected chi connectivity index (χ2v) is 4.36. The third kappa shape index (κ3) is 3.46. The van der Waals surface area contributed by atoms with E-state index < -0.39 is 23.3 Å². The average molecular weight is 274 g/mol. The van der Waals surface area contributed by atoms with Crippen LogP contribution in [0.5, 0.6) is 0 Å². The Morgan fingerprint density at radius 2 is 1.56 bits per heavy atom. The molecule has 0 fully saturated rings. The van der Waals surface area contributed by atoms with Gasteiger partial charge < -0.3 is 19.8 Å². The van der Waals surface area contributed by atoms with Crippen molar-refractivity contribution >= 4 is 49.7 Å². The van der Waals surface area contributed by atoms with Gasteiger partial charge in [-0.05, 0) is 17.9 Å². The molecule has 5 heteroatoms. The van der Waals surface area contributed by atoms with Gasteiger partial charge in [-0.1, -0.05) is 44.2 Å². The molecule has 1 aromatic rings. The van der Waals surface area contributed by atoms with Crippen LogP contribution in [-0.2, 0) is 16.0 Å². The molecule has 0 bridgehead atoms. The SMILES string of the molecule is CC(C)C(Cc1ccccc1)(C(=O)[O-])C(=O)[O-].[Ca+2]. The predicted octanol–water partition coefficient (Wildman–Crippen LogP) is -1.01. The standard InChI is InChI=1S/C13H16O4.Ca/c1-9(2)13(11(14)15,12(16)17)8-10-6-4-3-5-7-10;/h3-7,9H,8H2,1-2H3,(H,14,15)(H,16,17);/q;+2/p-2. The van der Waals surface area contributed by atoms with Gasteiger partial charge in [0.15, 0.2) is 0 Å². The molecule has 0 aliphatic heterocycles. The molecular weight excluding hydrogens is 260 g/mol. The van der Waals surface area contributed by atoms with E-state index in [0.717, 1.165) is 0 Å². The number of carboxylic acid groups (broad SMARTS) is 2. The van der Waals surface area contributed by atoms with Crippen molar-refractivity contribution in [3.8, 4) is 0 Å². The molecule has 92 valence electrons. The van der Waals surface area contributed by atoms with E-state index in [1.165, 1.54) is 13.8 Å². The van der Waals surface area contributed by atoms with Crippen LogP contribution in [0.3, 0.4) is 0 Å². The minimum atomic E-state index is -1.98. The van der Waals surface area contributed by atoms with Crippen molar-refractivity contribution in [1.82, 2.24) is 0 Å². The number of benzene rings is 1. The molecule has 0 aliphatic rings. The molecule has 4 nitrogen and oxygen atoms in total. The van der Waals surface area contributed by atoms with Crippen LogP contribution in [0.1, 0.15) is 19.4 Å². The number of hydrogen-bond donors (Lipinski definition) is 0. The third-order valence-corrected chi connectivity index (χ3v) is 3.04. The first-order valence-corrected chi connectivity index (χ1v) is 5.38. The van der Waals surface area contributed by atoms with E-state index in [0.29, 0.717) is 5.56 Å². The fraction of sp³-hybridized carbons (Fsp3) is 0.385. The summed E-state index contributed by atoms with van der Waals surface area (Å²) < 4.78 is 0. The molecule has 1 aromatic carbocycles. The molecule has 0 radical (unpaired) electrons. The maximum Gasteiger partial charge on any atom is 2.00 e. The summed E-state index contributed by atoms with van der Waals surface area (Å²) >= 11 is 0. The van der Waals surface area contributed by atoms with Crippen molar-refractivity contribution in [3.63, 3.8) is 0 Å². The molecule has 0 aliphatic carbocycles. The summed E-state index contributed by atoms with van der Waals surface area (Å²) in [5.74, 6) is -3.81. The Labute approximate surface area is 136 Å². The Bertz CT molecular complexity index is 400. The molecule has 18 heavy (non-hydrogen) atoms. The smallest absolute Gasteiger partial charge is 0.549 e. The van der Waals surface area contributed by atoms with Gasteiger partial charge in [-0.15, -0.1) is 0 Å². The Balaban J connectivity index is 0.00000289. The molecule has 0 heterocycles. The van der Waals surface area contributed by atoms with Gasteiger partial charge >= 0.3 is 37.7 Å². The summed E-state index contributed by atoms with van der Waals surface area (Å²) in [6.07, 6.45) is -0.129. The molecule has 0 saturated heterocycles. The topological polar surface area (TPSA) is 80.3 Å². The Morgan fingerprint density at radius 1 is 1.11 bits per heavy atom. The third-order valence-electron chi connectivity index (χ3n) is 3.04. The number of carbonyl (C=O) groups is 2. The van der Waals surface area contributed by atoms with E-state index in [1.54, 1.807) is 30.3 Å². The summed E-state index contributed by atoms with van der Waals surface area (Å²) in [6.45, 7) is 3.07. The predicted molar refractivity (Wildman–Crippen MR) is 63.2 cm³/mol. The Hall–Kier alpha value is -0.580. The van der Waals surface area contributed by atoms with E-state index in [-0.39, 0.29) is 44.2 Å². The van der Waals surface area contributed by atoms with E-state index in [1.807, 2.05) is 0 Å². The van der Waals surface area contributed by atoms with Crippen molar-refractivity contribution in [2.45, 2.75) is 20.3 Å². The largest absolute Gasteiger partial charge is 2.00 e. The number of aliphatic carboxylic acids is 2. The second-order valence-electron chi connectivity index (χ2n) is 4.36. The van der Waals surface area contributed by atoms with Crippen molar-refractivity contribution < 1.29 is 19.8 Å². The number of carbonyl (C=O) groups excluding carboxylic acids is 2. The van der Waals surface area contributed by atoms with E-state index >= 15 is 0 Å². The van der Waals surface area contributed by atoms with Crippen LogP contribution in [0.4, 0.5) is 0 Å². The maximum absolute atomic E-state index is 11.2. The van der Waals surface area contributed by atoms with E-state index in [2.05, 4.69) is 0 Å². The van der Waals surface area contributed by atoms with Crippen LogP contribution in [0, 0.1) is 11.3 Å². The van der Waals surface area contributed by atoms with Crippen LogP contribution in [0.2, 0.25) is 0 Å². The zero-order valence-corrected chi connectivity index (χ0v) is 12.7. The van der Waals surface area contributed by atoms with Crippen molar-refractivity contribution in [3.05, 3.63) is 35.9 Å². The number of carboxylic acids is 2. The first-order chi connectivity index (χ1) is 7.91. The van der Waals surface area contributed by atoms with Gasteiger partial charge in [0.1, 0.15) is 0 Å². The maximum atomic E-state index is 11.2. The van der Waals surface area contributed by atoms with Gasteiger partial charge in [0.05, 0.1) is 17.4 Å². The molecule has 0 unspecified atom stereocenters. The average Bonchev–Trinajstić information content (AvgIpc) is 2.25. The minimum Gasteiger partial charge on any atom is -0.549 e. The second kappa shape index (κ2) is 7.12. The van der Waals surface area contributed by atoms with Gasteiger partial charge in [-0.3, -0.25) is 0 Å². The van der Waals surface area contributed by atoms with Crippen LogP contribution >= 0.6 is 0 Å². The molecule has 0 amide bonds. The summed E-state index contributed by atoms with van der Waals surface area (Å²) in [6, 6.07) is 8.60. The molecule has 0 aromatic heterocycles. The normalized spacial score (nSPS) is 10.8. The fourth-order valence-corrected chi connectivity index (χ4v) is 1.82. The van der Waals surface area contributed by atoms with Gasteiger partial charge in [-0.25, -0.2) is 0 Å². The summed E-state index contributed by atoms with van der Waals surface area (Å²) in [5, 5.41) is 22.4. The number of hydrogen-bond acceptors (Lipinski definition) is 4. The van der Waals surface area contributed by atoms with Crippen molar-refractivity contribution in [2.75, 3.05) is 0 Å². The minimum absolute atomic E-state index is 0. The molecular formula is C13H14CaO4. The van der Waals surface area contributed by atoms with Gasteiger partial charge in [0, 0.05) is 0 Å². The summed E-state index contributed by atoms with van der Waals surface area (Å²) in [7, 11) is 0. The van der Waals surface area contributed by atoms with Crippen LogP contribution in [0.15, 0.2) is 30.3 Å². The quantitative estimate of drug-likeness (QED) is 0.509. The van der Waals surface area contributed by atoms with Crippen molar-refractivity contribution in [2.24, 2.45) is 11.3 Å². The molecule has 1 rings (SSSR count). The van der Waals surface area contributed by atoms with Crippen LogP contribution < -0.4 is 10.2 Å². The fourth-order valence-electron chi connectivity index (χ4n) is 1.82. The molecule has 0 atom stereocenters. The first-order valence-electron chi connectivity index (χ1n) is 5.38. The zero-order chi connectivity index (χ0) is 13.1. The monoisotopic (exact) mass is 274 g/mol. The van der Waals surface area contributed by atoms with Crippen molar-refractivity contribution in [1.29, 1.82) is 0 Å². The van der Waals surface area contributed by atoms with Gasteiger partial charge in [-0.2, -0.15) is 0 Å². The molecule has 0 N–H and O–H groups in total. The molecule has 0 saturated carbocycles. The zero-order valence-electron chi connectivity index (χ0n) is 10.5. The van der Waals surface area contributed by atoms with Gasteiger partial charge in [0.2, 0.25) is 0 Å². The Kier molecular flexibility index (Phi) is 6.89. The van der Waals surface area contributed by atoms with E-state index in [9.17, 15) is 19.8 Å². The van der Waals surface area contributed by atoms with Crippen LogP contribution in [0.25, 0.3) is 0 Å². The van der Waals surface area contributed by atoms with Gasteiger partial charge in [0.25, 0.3) is 0 Å². The number of rotatable bonds is 5. The summed E-state index contributed by atoms with van der Waals surface area (Å²) in [5.41, 5.74) is -1.35. The Morgan fingerprint density at radius 3 is 1.89 bits per heavy atom. The first kappa shape index (κ1) is 17.4. The summed E-state index contributed by atoms with van der Waals surface area (Å²) in [4.78, 5) is 22.4. The van der Waals surface area contributed by atoms with E-state index in [4.69, 9.17) is 0 Å². The molecule has 0 spiro atoms. The van der Waals surface area contributed by atoms with Crippen LogP contribution in [-0.4, -0.2) is 49.7 Å².